The number of nitrogens with one attached hydrogen (secondary N) is 1. The molecular weight excluding hydrogens is 365 g/mol. The molecular formula is C14H11F3N2O5S. The molecule has 0 aliphatic rings. The van der Waals surface area contributed by atoms with Crippen LogP contribution < -0.4 is 9.46 Å². The van der Waals surface area contributed by atoms with Gasteiger partial charge in [-0.25, -0.2) is 8.42 Å². The van der Waals surface area contributed by atoms with Crippen molar-refractivity contribution < 1.29 is 31.2 Å². The molecule has 25 heavy (non-hydrogen) atoms. The van der Waals surface area contributed by atoms with Gasteiger partial charge >= 0.3 is 6.18 Å². The van der Waals surface area contributed by atoms with Crippen molar-refractivity contribution in [3.63, 3.8) is 0 Å². The maximum Gasteiger partial charge on any atom is 0.416 e. The van der Waals surface area contributed by atoms with Gasteiger partial charge in [-0.3, -0.25) is 14.8 Å². The number of ether oxygens (including phenoxy) is 1. The third-order valence-corrected chi connectivity index (χ3v) is 4.51. The molecule has 2 aromatic carbocycles. The number of hydrogen-bond acceptors (Lipinski definition) is 5. The van der Waals surface area contributed by atoms with Gasteiger partial charge in [-0.15, -0.1) is 0 Å². The Bertz CT molecular complexity index is 896. The lowest BCUT2D eigenvalue weighted by atomic mass is 10.2. The summed E-state index contributed by atoms with van der Waals surface area (Å²) in [6.45, 7) is 0. The molecule has 0 saturated carbocycles. The number of alkyl halides is 3. The first-order valence-corrected chi connectivity index (χ1v) is 8.05. The minimum absolute atomic E-state index is 0.137. The van der Waals surface area contributed by atoms with E-state index in [0.29, 0.717) is 12.1 Å². The predicted octanol–water partition coefficient (Wildman–Crippen LogP) is 3.42. The van der Waals surface area contributed by atoms with E-state index >= 15 is 0 Å². The van der Waals surface area contributed by atoms with Gasteiger partial charge in [0.1, 0.15) is 10.6 Å². The van der Waals surface area contributed by atoms with Crippen molar-refractivity contribution in [3.05, 3.63) is 58.1 Å². The van der Waals surface area contributed by atoms with E-state index in [4.69, 9.17) is 4.74 Å². The zero-order valence-electron chi connectivity index (χ0n) is 12.6. The molecule has 0 radical (unpaired) electrons. The van der Waals surface area contributed by atoms with Crippen LogP contribution >= 0.6 is 0 Å². The number of nitrogens with zero attached hydrogens (tertiary/aromatic N) is 1. The minimum Gasteiger partial charge on any atom is -0.495 e. The first-order valence-electron chi connectivity index (χ1n) is 6.57. The van der Waals surface area contributed by atoms with Gasteiger partial charge in [-0.1, -0.05) is 0 Å². The summed E-state index contributed by atoms with van der Waals surface area (Å²) in [4.78, 5) is 9.52. The maximum atomic E-state index is 12.5. The monoisotopic (exact) mass is 376 g/mol. The molecule has 7 nitrogen and oxygen atoms in total. The second-order valence-corrected chi connectivity index (χ2v) is 6.42. The summed E-state index contributed by atoms with van der Waals surface area (Å²) in [6, 6.07) is 6.26. The first-order chi connectivity index (χ1) is 11.5. The first kappa shape index (κ1) is 18.5. The minimum atomic E-state index is -4.55. The molecule has 0 spiro atoms. The van der Waals surface area contributed by atoms with Crippen molar-refractivity contribution in [2.75, 3.05) is 11.8 Å². The summed E-state index contributed by atoms with van der Waals surface area (Å²) >= 11 is 0. The molecule has 0 unspecified atom stereocenters. The second kappa shape index (κ2) is 6.59. The Labute approximate surface area is 140 Å². The number of halogens is 3. The molecule has 11 heteroatoms. The Kier molecular flexibility index (Phi) is 4.88. The second-order valence-electron chi connectivity index (χ2n) is 4.77. The number of methoxy groups -OCH3 is 1. The molecule has 0 heterocycles. The summed E-state index contributed by atoms with van der Waals surface area (Å²) in [5, 5.41) is 10.8. The number of nitro benzene ring substituents is 1. The van der Waals surface area contributed by atoms with Crippen LogP contribution in [0.5, 0.6) is 5.75 Å². The molecule has 0 aromatic heterocycles. The number of rotatable bonds is 5. The molecule has 0 aliphatic carbocycles. The molecule has 0 bridgehead atoms. The summed E-state index contributed by atoms with van der Waals surface area (Å²) in [6.07, 6.45) is -4.55. The van der Waals surface area contributed by atoms with Gasteiger partial charge in [-0.05, 0) is 30.3 Å². The van der Waals surface area contributed by atoms with Crippen molar-refractivity contribution in [3.8, 4) is 5.75 Å². The number of anilines is 1. The molecule has 0 saturated heterocycles. The highest BCUT2D eigenvalue weighted by Crippen LogP contribution is 2.32. The molecule has 2 aromatic rings. The van der Waals surface area contributed by atoms with Gasteiger partial charge < -0.3 is 4.74 Å². The van der Waals surface area contributed by atoms with Crippen molar-refractivity contribution in [1.82, 2.24) is 0 Å². The molecule has 0 fully saturated rings. The highest BCUT2D eigenvalue weighted by molar-refractivity contribution is 7.92. The Morgan fingerprint density at radius 2 is 1.72 bits per heavy atom. The fraction of sp³-hybridized carbons (Fsp3) is 0.143. The van der Waals surface area contributed by atoms with Gasteiger partial charge in [0.05, 0.1) is 17.6 Å². The standard InChI is InChI=1S/C14H11F3N2O5S/c1-24-12-7-6-11(19(20)21)8-13(12)25(22,23)18-10-4-2-9(3-5-10)14(15,16)17/h2-8,18H,1H3. The van der Waals surface area contributed by atoms with Crippen LogP contribution in [0.4, 0.5) is 24.5 Å². The molecule has 134 valence electrons. The number of hydrogen-bond donors (Lipinski definition) is 1. The Morgan fingerprint density at radius 1 is 1.12 bits per heavy atom. The fourth-order valence-electron chi connectivity index (χ4n) is 1.93. The zero-order valence-corrected chi connectivity index (χ0v) is 13.4. The molecule has 2 rings (SSSR count). The Balaban J connectivity index is 2.39. The zero-order chi connectivity index (χ0) is 18.8. The van der Waals surface area contributed by atoms with Crippen molar-refractivity contribution in [2.45, 2.75) is 11.1 Å². The summed E-state index contributed by atoms with van der Waals surface area (Å²) in [7, 11) is -3.14. The van der Waals surface area contributed by atoms with Crippen LogP contribution in [-0.4, -0.2) is 20.5 Å². The lowest BCUT2D eigenvalue weighted by Gasteiger charge is -2.12. The summed E-state index contributed by atoms with van der Waals surface area (Å²) < 4.78 is 69.3. The van der Waals surface area contributed by atoms with E-state index in [9.17, 15) is 31.7 Å². The normalized spacial score (nSPS) is 11.8. The van der Waals surface area contributed by atoms with Gasteiger partial charge in [0.15, 0.2) is 0 Å². The van der Waals surface area contributed by atoms with Gasteiger partial charge in [0, 0.05) is 17.8 Å². The van der Waals surface area contributed by atoms with Gasteiger partial charge in [0.25, 0.3) is 15.7 Å². The molecule has 1 N–H and O–H groups in total. The summed E-state index contributed by atoms with van der Waals surface area (Å²) in [5.74, 6) is -0.148. The highest BCUT2D eigenvalue weighted by Gasteiger charge is 2.30. The average molecular weight is 376 g/mol. The fourth-order valence-corrected chi connectivity index (χ4v) is 3.17. The van der Waals surface area contributed by atoms with E-state index in [1.54, 1.807) is 0 Å². The van der Waals surface area contributed by atoms with Crippen LogP contribution in [0.2, 0.25) is 0 Å². The average Bonchev–Trinajstić information content (AvgIpc) is 2.53. The highest BCUT2D eigenvalue weighted by atomic mass is 32.2. The van der Waals surface area contributed by atoms with Gasteiger partial charge in [0.2, 0.25) is 0 Å². The maximum absolute atomic E-state index is 12.5. The van der Waals surface area contributed by atoms with E-state index in [1.165, 1.54) is 7.11 Å². The van der Waals surface area contributed by atoms with E-state index < -0.39 is 37.3 Å². The van der Waals surface area contributed by atoms with Crippen molar-refractivity contribution in [1.29, 1.82) is 0 Å². The van der Waals surface area contributed by atoms with Crippen molar-refractivity contribution >= 4 is 21.4 Å². The van der Waals surface area contributed by atoms with E-state index in [1.807, 2.05) is 0 Å². The third kappa shape index (κ3) is 4.18. The van der Waals surface area contributed by atoms with E-state index in [2.05, 4.69) is 4.72 Å². The quantitative estimate of drug-likeness (QED) is 0.637. The van der Waals surface area contributed by atoms with Crippen LogP contribution in [-0.2, 0) is 16.2 Å². The lowest BCUT2D eigenvalue weighted by Crippen LogP contribution is -2.14. The number of non-ortho nitro benzene ring substituents is 1. The predicted molar refractivity (Wildman–Crippen MR) is 81.9 cm³/mol. The van der Waals surface area contributed by atoms with Crippen LogP contribution in [0.3, 0.4) is 0 Å². The Hall–Kier alpha value is -2.82. The van der Waals surface area contributed by atoms with E-state index in [-0.39, 0.29) is 11.4 Å². The topological polar surface area (TPSA) is 98.5 Å². The van der Waals surface area contributed by atoms with Crippen LogP contribution in [0.15, 0.2) is 47.4 Å². The smallest absolute Gasteiger partial charge is 0.416 e. The SMILES string of the molecule is COc1ccc([N+](=O)[O-])cc1S(=O)(=O)Nc1ccc(C(F)(F)F)cc1. The molecule has 0 aliphatic heterocycles. The number of sulfonamides is 1. The Morgan fingerprint density at radius 3 is 2.20 bits per heavy atom. The van der Waals surface area contributed by atoms with E-state index in [0.717, 1.165) is 30.3 Å². The van der Waals surface area contributed by atoms with Crippen LogP contribution in [0.1, 0.15) is 5.56 Å². The third-order valence-electron chi connectivity index (χ3n) is 3.11. The number of benzene rings is 2. The van der Waals surface area contributed by atoms with Gasteiger partial charge in [-0.2, -0.15) is 13.2 Å². The number of nitro groups is 1. The summed E-state index contributed by atoms with van der Waals surface area (Å²) in [5.41, 5.74) is -1.56. The molecule has 0 amide bonds. The van der Waals surface area contributed by atoms with Crippen molar-refractivity contribution in [2.24, 2.45) is 0 Å². The van der Waals surface area contributed by atoms with Crippen LogP contribution in [0.25, 0.3) is 0 Å². The molecule has 0 atom stereocenters. The largest absolute Gasteiger partial charge is 0.495 e. The van der Waals surface area contributed by atoms with Crippen LogP contribution in [0, 0.1) is 10.1 Å². The lowest BCUT2D eigenvalue weighted by molar-refractivity contribution is -0.385.